The first-order valence-electron chi connectivity index (χ1n) is 10.5. The number of esters is 1. The topological polar surface area (TPSA) is 106 Å². The van der Waals surface area contributed by atoms with Crippen LogP contribution in [0.4, 0.5) is 26.3 Å². The van der Waals surface area contributed by atoms with Crippen molar-refractivity contribution in [2.75, 3.05) is 13.7 Å². The number of nitrogens with zero attached hydrogens (tertiary/aromatic N) is 2. The summed E-state index contributed by atoms with van der Waals surface area (Å²) < 4.78 is 91.9. The average Bonchev–Trinajstić information content (AvgIpc) is 3.15. The van der Waals surface area contributed by atoms with Crippen molar-refractivity contribution in [1.82, 2.24) is 9.78 Å². The minimum absolute atomic E-state index is 0.187. The van der Waals surface area contributed by atoms with E-state index in [1.54, 1.807) is 14.0 Å². The molecule has 2 rings (SSSR count). The molecule has 0 amide bonds. The van der Waals surface area contributed by atoms with Crippen LogP contribution in [0.5, 0.6) is 5.75 Å². The molecule has 0 fully saturated rings. The summed E-state index contributed by atoms with van der Waals surface area (Å²) in [6, 6.07) is 6.18. The van der Waals surface area contributed by atoms with E-state index in [-0.39, 0.29) is 8.99 Å². The SMILES string of the molecule is CCOC(=O)c1c(OC)c(C(C)(C)C)nn1C.O=C(OI(OC(=O)C(F)(F)F)c1ccccc1)C(F)(F)F. The molecule has 38 heavy (non-hydrogen) atoms. The quantitative estimate of drug-likeness (QED) is 0.232. The normalized spacial score (nSPS) is 12.1. The first-order chi connectivity index (χ1) is 17.3. The van der Waals surface area contributed by atoms with Gasteiger partial charge in [0.15, 0.2) is 11.4 Å². The van der Waals surface area contributed by atoms with Crippen molar-refractivity contribution >= 4 is 38.6 Å². The Morgan fingerprint density at radius 2 is 1.39 bits per heavy atom. The number of aryl methyl sites for hydroxylation is 1. The van der Waals surface area contributed by atoms with Crippen LogP contribution in [0.25, 0.3) is 0 Å². The minimum atomic E-state index is -5.41. The summed E-state index contributed by atoms with van der Waals surface area (Å²) in [5.74, 6) is -5.34. The zero-order valence-corrected chi connectivity index (χ0v) is 23.1. The molecular formula is C22H25F6IN2O7. The standard InChI is InChI=1S/C12H20N2O3.C10H5F6IO4/c1-7-17-11(15)8-9(16-6)10(12(2,3)4)13-14(8)5;11-9(12,13)7(18)20-17(6-4-2-1-3-5-6)21-8(19)10(14,15)16/h7H2,1-6H3;1-5H. The Hall–Kier alpha value is -3.05. The van der Waals surface area contributed by atoms with Crippen LogP contribution in [0.1, 0.15) is 43.9 Å². The van der Waals surface area contributed by atoms with Gasteiger partial charge in [0, 0.05) is 12.5 Å². The number of methoxy groups -OCH3 is 1. The first kappa shape index (κ1) is 33.0. The number of alkyl halides is 6. The van der Waals surface area contributed by atoms with Gasteiger partial charge in [-0.25, -0.2) is 4.79 Å². The molecule has 2 aromatic rings. The molecule has 9 nitrogen and oxygen atoms in total. The van der Waals surface area contributed by atoms with Crippen molar-refractivity contribution in [3.8, 4) is 5.75 Å². The Morgan fingerprint density at radius 3 is 1.76 bits per heavy atom. The van der Waals surface area contributed by atoms with Crippen LogP contribution in [0, 0.1) is 3.57 Å². The number of hydrogen-bond acceptors (Lipinski definition) is 8. The maximum atomic E-state index is 12.1. The average molecular weight is 670 g/mol. The van der Waals surface area contributed by atoms with Gasteiger partial charge in [0.05, 0.1) is 13.7 Å². The van der Waals surface area contributed by atoms with Gasteiger partial charge in [-0.15, -0.1) is 0 Å². The zero-order chi connectivity index (χ0) is 29.5. The number of carbonyl (C=O) groups is 3. The number of halogens is 7. The van der Waals surface area contributed by atoms with Gasteiger partial charge in [-0.3, -0.25) is 4.68 Å². The summed E-state index contributed by atoms with van der Waals surface area (Å²) in [6.07, 6.45) is -10.8. The van der Waals surface area contributed by atoms with E-state index in [1.807, 2.05) is 20.8 Å². The molecule has 0 unspecified atom stereocenters. The summed E-state index contributed by atoms with van der Waals surface area (Å²) in [6.45, 7) is 8.16. The van der Waals surface area contributed by atoms with E-state index in [1.165, 1.54) is 30.0 Å². The van der Waals surface area contributed by atoms with Crippen LogP contribution in [-0.2, 0) is 32.9 Å². The van der Waals surface area contributed by atoms with Crippen LogP contribution in [-0.4, -0.2) is 53.8 Å². The molecule has 0 saturated carbocycles. The molecular weight excluding hydrogens is 645 g/mol. The predicted molar refractivity (Wildman–Crippen MR) is 128 cm³/mol. The fourth-order valence-electron chi connectivity index (χ4n) is 2.45. The second kappa shape index (κ2) is 13.1. The second-order valence-electron chi connectivity index (χ2n) is 8.06. The van der Waals surface area contributed by atoms with Crippen molar-refractivity contribution in [3.63, 3.8) is 0 Å². The Balaban J connectivity index is 0.000000389. The third kappa shape index (κ3) is 9.36. The van der Waals surface area contributed by atoms with Gasteiger partial charge in [0.2, 0.25) is 0 Å². The number of rotatable bonds is 6. The molecule has 214 valence electrons. The molecule has 1 heterocycles. The van der Waals surface area contributed by atoms with Crippen LogP contribution in [0.15, 0.2) is 30.3 Å². The molecule has 0 spiro atoms. The van der Waals surface area contributed by atoms with Gasteiger partial charge >= 0.3 is 127 Å². The maximum absolute atomic E-state index is 12.1. The van der Waals surface area contributed by atoms with E-state index in [0.717, 1.165) is 17.8 Å². The van der Waals surface area contributed by atoms with Gasteiger partial charge in [-0.1, -0.05) is 20.8 Å². The molecule has 0 radical (unpaired) electrons. The molecule has 0 atom stereocenters. The number of aromatic nitrogens is 2. The number of benzene rings is 1. The molecule has 16 heteroatoms. The van der Waals surface area contributed by atoms with Gasteiger partial charge in [-0.2, -0.15) is 5.10 Å². The Bertz CT molecular complexity index is 1080. The summed E-state index contributed by atoms with van der Waals surface area (Å²) >= 11 is -4.25. The second-order valence-corrected chi connectivity index (χ2v) is 11.4. The number of carbonyl (C=O) groups excluding carboxylic acids is 3. The van der Waals surface area contributed by atoms with Crippen LogP contribution in [0.2, 0.25) is 0 Å². The van der Waals surface area contributed by atoms with E-state index in [4.69, 9.17) is 9.47 Å². The summed E-state index contributed by atoms with van der Waals surface area (Å²) in [5.41, 5.74) is 0.929. The van der Waals surface area contributed by atoms with Gasteiger partial charge in [-0.05, 0) is 6.92 Å². The molecule has 0 bridgehead atoms. The number of hydrogen-bond donors (Lipinski definition) is 0. The monoisotopic (exact) mass is 670 g/mol. The van der Waals surface area contributed by atoms with Crippen LogP contribution in [0.3, 0.4) is 0 Å². The van der Waals surface area contributed by atoms with E-state index < -0.39 is 50.9 Å². The molecule has 1 aromatic heterocycles. The summed E-state index contributed by atoms with van der Waals surface area (Å²) in [4.78, 5) is 33.2. The Morgan fingerprint density at radius 1 is 0.921 bits per heavy atom. The van der Waals surface area contributed by atoms with E-state index in [9.17, 15) is 40.7 Å². The van der Waals surface area contributed by atoms with Gasteiger partial charge in [0.1, 0.15) is 5.69 Å². The first-order valence-corrected chi connectivity index (χ1v) is 13.3. The van der Waals surface area contributed by atoms with Crippen LogP contribution >= 0.6 is 20.6 Å². The Kier molecular flexibility index (Phi) is 11.4. The van der Waals surface area contributed by atoms with Crippen LogP contribution < -0.4 is 4.74 Å². The van der Waals surface area contributed by atoms with Gasteiger partial charge in [0.25, 0.3) is 0 Å². The van der Waals surface area contributed by atoms with Crippen molar-refractivity contribution in [2.24, 2.45) is 7.05 Å². The summed E-state index contributed by atoms with van der Waals surface area (Å²) in [5, 5.41) is 4.35. The molecule has 0 aliphatic carbocycles. The third-order valence-corrected chi connectivity index (χ3v) is 7.38. The fraction of sp³-hybridized carbons (Fsp3) is 0.455. The van der Waals surface area contributed by atoms with Crippen molar-refractivity contribution in [2.45, 2.75) is 45.5 Å². The molecule has 0 aliphatic heterocycles. The Labute approximate surface area is 221 Å². The van der Waals surface area contributed by atoms with E-state index >= 15 is 0 Å². The third-order valence-electron chi connectivity index (χ3n) is 4.04. The van der Waals surface area contributed by atoms with Crippen molar-refractivity contribution < 1.29 is 56.3 Å². The molecule has 0 saturated heterocycles. The predicted octanol–water partition coefficient (Wildman–Crippen LogP) is 5.31. The van der Waals surface area contributed by atoms with Gasteiger partial charge < -0.3 is 9.47 Å². The summed E-state index contributed by atoms with van der Waals surface area (Å²) in [7, 11) is 3.25. The van der Waals surface area contributed by atoms with E-state index in [0.29, 0.717) is 18.1 Å². The van der Waals surface area contributed by atoms with Crippen molar-refractivity contribution in [1.29, 1.82) is 0 Å². The fourth-order valence-corrected chi connectivity index (χ4v) is 5.28. The molecule has 0 aliphatic rings. The molecule has 0 N–H and O–H groups in total. The van der Waals surface area contributed by atoms with E-state index in [2.05, 4.69) is 11.2 Å². The zero-order valence-electron chi connectivity index (χ0n) is 21.0. The molecule has 1 aromatic carbocycles. The van der Waals surface area contributed by atoms with Crippen molar-refractivity contribution in [3.05, 3.63) is 45.3 Å². The number of ether oxygens (including phenoxy) is 2.